The quantitative estimate of drug-likeness (QED) is 0.600. The van der Waals surface area contributed by atoms with Crippen LogP contribution in [0.3, 0.4) is 0 Å². The standard InChI is InChI=1S/C9H11N3O6S/c1-11(2)19(17,18)10-8-4-3-6(12(15)16)5-7(8)9(13)14/h3-5,10H,1-2H3,(H,13,14). The third-order valence-corrected chi connectivity index (χ3v) is 3.60. The molecule has 0 aliphatic carbocycles. The highest BCUT2D eigenvalue weighted by molar-refractivity contribution is 7.90. The SMILES string of the molecule is CN(C)S(=O)(=O)Nc1ccc([N+](=O)[O-])cc1C(=O)O. The van der Waals surface area contributed by atoms with Crippen LogP contribution in [0.15, 0.2) is 18.2 Å². The smallest absolute Gasteiger partial charge is 0.338 e. The van der Waals surface area contributed by atoms with Gasteiger partial charge in [-0.25, -0.2) is 4.79 Å². The number of non-ortho nitro benzene ring substituents is 1. The van der Waals surface area contributed by atoms with Crippen LogP contribution in [0, 0.1) is 10.1 Å². The van der Waals surface area contributed by atoms with Gasteiger partial charge in [0.25, 0.3) is 5.69 Å². The molecule has 1 aromatic rings. The average Bonchev–Trinajstić information content (AvgIpc) is 2.28. The van der Waals surface area contributed by atoms with Crippen LogP contribution in [0.2, 0.25) is 0 Å². The molecule has 0 amide bonds. The molecular formula is C9H11N3O6S. The number of nitro benzene ring substituents is 1. The average molecular weight is 289 g/mol. The number of hydrogen-bond donors (Lipinski definition) is 2. The lowest BCUT2D eigenvalue weighted by atomic mass is 10.1. The predicted molar refractivity (Wildman–Crippen MR) is 66.3 cm³/mol. The monoisotopic (exact) mass is 289 g/mol. The number of anilines is 1. The van der Waals surface area contributed by atoms with Crippen molar-refractivity contribution in [3.05, 3.63) is 33.9 Å². The van der Waals surface area contributed by atoms with Crippen molar-refractivity contribution in [3.63, 3.8) is 0 Å². The third-order valence-electron chi connectivity index (χ3n) is 2.16. The van der Waals surface area contributed by atoms with Gasteiger partial charge in [0.05, 0.1) is 16.2 Å². The normalized spacial score (nSPS) is 11.3. The van der Waals surface area contributed by atoms with Crippen LogP contribution in [0.1, 0.15) is 10.4 Å². The van der Waals surface area contributed by atoms with E-state index >= 15 is 0 Å². The lowest BCUT2D eigenvalue weighted by Crippen LogP contribution is -2.29. The van der Waals surface area contributed by atoms with E-state index in [1.54, 1.807) is 0 Å². The van der Waals surface area contributed by atoms with Gasteiger partial charge in [0.1, 0.15) is 0 Å². The first kappa shape index (κ1) is 14.9. The minimum atomic E-state index is -3.89. The predicted octanol–water partition coefficient (Wildman–Crippen LogP) is 0.511. The lowest BCUT2D eigenvalue weighted by molar-refractivity contribution is -0.384. The number of rotatable bonds is 5. The highest BCUT2D eigenvalue weighted by Crippen LogP contribution is 2.23. The number of hydrogen-bond acceptors (Lipinski definition) is 5. The molecule has 19 heavy (non-hydrogen) atoms. The Bertz CT molecular complexity index is 625. The zero-order valence-electron chi connectivity index (χ0n) is 10.0. The van der Waals surface area contributed by atoms with Crippen molar-refractivity contribution < 1.29 is 23.2 Å². The molecule has 0 bridgehead atoms. The van der Waals surface area contributed by atoms with E-state index in [-0.39, 0.29) is 5.69 Å². The second-order valence-corrected chi connectivity index (χ2v) is 5.57. The Morgan fingerprint density at radius 2 is 2.00 bits per heavy atom. The van der Waals surface area contributed by atoms with E-state index in [9.17, 15) is 23.3 Å². The van der Waals surface area contributed by atoms with Crippen LogP contribution in [0.5, 0.6) is 0 Å². The molecule has 0 aliphatic heterocycles. The summed E-state index contributed by atoms with van der Waals surface area (Å²) in [4.78, 5) is 20.8. The first-order chi connectivity index (χ1) is 8.65. The number of benzene rings is 1. The topological polar surface area (TPSA) is 130 Å². The summed E-state index contributed by atoms with van der Waals surface area (Å²) in [6.45, 7) is 0. The second kappa shape index (κ2) is 5.20. The Morgan fingerprint density at radius 3 is 2.42 bits per heavy atom. The number of nitrogens with zero attached hydrogens (tertiary/aromatic N) is 2. The van der Waals surface area contributed by atoms with E-state index in [0.717, 1.165) is 22.5 Å². The molecule has 0 radical (unpaired) electrons. The van der Waals surface area contributed by atoms with E-state index in [1.165, 1.54) is 14.1 Å². The lowest BCUT2D eigenvalue weighted by Gasteiger charge is -2.14. The Hall–Kier alpha value is -2.20. The summed E-state index contributed by atoms with van der Waals surface area (Å²) in [6.07, 6.45) is 0. The molecule has 2 N–H and O–H groups in total. The van der Waals surface area contributed by atoms with Crippen LogP contribution in [0.4, 0.5) is 11.4 Å². The van der Waals surface area contributed by atoms with E-state index in [1.807, 2.05) is 4.72 Å². The van der Waals surface area contributed by atoms with E-state index in [4.69, 9.17) is 5.11 Å². The van der Waals surface area contributed by atoms with Gasteiger partial charge >= 0.3 is 16.2 Å². The van der Waals surface area contributed by atoms with Gasteiger partial charge in [0.2, 0.25) is 0 Å². The van der Waals surface area contributed by atoms with Gasteiger partial charge in [-0.2, -0.15) is 12.7 Å². The summed E-state index contributed by atoms with van der Waals surface area (Å²) in [5, 5.41) is 19.5. The van der Waals surface area contributed by atoms with Gasteiger partial charge in [0, 0.05) is 26.2 Å². The molecule has 0 heterocycles. The molecule has 0 spiro atoms. The summed E-state index contributed by atoms with van der Waals surface area (Å²) in [6, 6.07) is 2.83. The molecule has 0 saturated carbocycles. The van der Waals surface area contributed by atoms with E-state index in [0.29, 0.717) is 0 Å². The fraction of sp³-hybridized carbons (Fsp3) is 0.222. The van der Waals surface area contributed by atoms with Crippen LogP contribution in [-0.4, -0.2) is 42.8 Å². The number of nitro groups is 1. The van der Waals surface area contributed by atoms with Crippen molar-refractivity contribution in [2.45, 2.75) is 0 Å². The molecule has 104 valence electrons. The zero-order valence-corrected chi connectivity index (χ0v) is 10.8. The molecule has 0 aliphatic rings. The molecule has 10 heteroatoms. The Kier molecular flexibility index (Phi) is 4.07. The van der Waals surface area contributed by atoms with E-state index < -0.39 is 32.4 Å². The third kappa shape index (κ3) is 3.39. The maximum absolute atomic E-state index is 11.6. The fourth-order valence-electron chi connectivity index (χ4n) is 1.14. The van der Waals surface area contributed by atoms with Crippen molar-refractivity contribution in [3.8, 4) is 0 Å². The van der Waals surface area contributed by atoms with Crippen molar-refractivity contribution >= 4 is 27.6 Å². The van der Waals surface area contributed by atoms with E-state index in [2.05, 4.69) is 0 Å². The van der Waals surface area contributed by atoms with Gasteiger partial charge < -0.3 is 5.11 Å². The van der Waals surface area contributed by atoms with Crippen molar-refractivity contribution in [2.75, 3.05) is 18.8 Å². The van der Waals surface area contributed by atoms with Crippen LogP contribution in [-0.2, 0) is 10.2 Å². The molecule has 0 atom stereocenters. The highest BCUT2D eigenvalue weighted by atomic mass is 32.2. The molecule has 0 aromatic heterocycles. The number of nitrogens with one attached hydrogen (secondary N) is 1. The van der Waals surface area contributed by atoms with Crippen LogP contribution >= 0.6 is 0 Å². The minimum Gasteiger partial charge on any atom is -0.478 e. The molecular weight excluding hydrogens is 278 g/mol. The Labute approximate surface area is 108 Å². The van der Waals surface area contributed by atoms with Gasteiger partial charge in [-0.05, 0) is 6.07 Å². The van der Waals surface area contributed by atoms with Crippen LogP contribution < -0.4 is 4.72 Å². The maximum Gasteiger partial charge on any atom is 0.338 e. The minimum absolute atomic E-state index is 0.244. The largest absolute Gasteiger partial charge is 0.478 e. The van der Waals surface area contributed by atoms with Crippen LogP contribution in [0.25, 0.3) is 0 Å². The van der Waals surface area contributed by atoms with Gasteiger partial charge in [0.15, 0.2) is 0 Å². The molecule has 9 nitrogen and oxygen atoms in total. The van der Waals surface area contributed by atoms with Gasteiger partial charge in [-0.15, -0.1) is 0 Å². The number of carbonyl (C=O) groups is 1. The number of carboxylic acids is 1. The first-order valence-electron chi connectivity index (χ1n) is 4.87. The summed E-state index contributed by atoms with van der Waals surface area (Å²) >= 11 is 0. The molecule has 0 unspecified atom stereocenters. The number of carboxylic acid groups (broad SMARTS) is 1. The first-order valence-corrected chi connectivity index (χ1v) is 6.31. The summed E-state index contributed by atoms with van der Waals surface area (Å²) < 4.78 is 26.0. The summed E-state index contributed by atoms with van der Waals surface area (Å²) in [7, 11) is -1.37. The highest BCUT2D eigenvalue weighted by Gasteiger charge is 2.20. The second-order valence-electron chi connectivity index (χ2n) is 3.68. The van der Waals surface area contributed by atoms with Gasteiger partial charge in [-0.1, -0.05) is 0 Å². The fourth-order valence-corrected chi connectivity index (χ4v) is 1.78. The molecule has 1 rings (SSSR count). The van der Waals surface area contributed by atoms with Crippen molar-refractivity contribution in [2.24, 2.45) is 0 Å². The molecule has 0 fully saturated rings. The van der Waals surface area contributed by atoms with Gasteiger partial charge in [-0.3, -0.25) is 14.8 Å². The summed E-state index contributed by atoms with van der Waals surface area (Å²) in [5.41, 5.74) is -1.18. The molecule has 0 saturated heterocycles. The van der Waals surface area contributed by atoms with Crippen molar-refractivity contribution in [1.82, 2.24) is 4.31 Å². The molecule has 1 aromatic carbocycles. The number of aromatic carboxylic acids is 1. The Morgan fingerprint density at radius 1 is 1.42 bits per heavy atom. The summed E-state index contributed by atoms with van der Waals surface area (Å²) in [5.74, 6) is -1.47. The Balaban J connectivity index is 3.29. The zero-order chi connectivity index (χ0) is 14.8. The van der Waals surface area contributed by atoms with Crippen molar-refractivity contribution in [1.29, 1.82) is 0 Å². The maximum atomic E-state index is 11.6.